The van der Waals surface area contributed by atoms with Gasteiger partial charge in [0.25, 0.3) is 0 Å². The normalized spacial score (nSPS) is 10.8. The minimum absolute atomic E-state index is 0.00104. The maximum absolute atomic E-state index is 11.8. The van der Waals surface area contributed by atoms with E-state index in [1.54, 1.807) is 0 Å². The number of rotatable bonds is 3. The molecule has 2 rings (SSSR count). The molecule has 2 nitrogen and oxygen atoms in total. The van der Waals surface area contributed by atoms with Crippen molar-refractivity contribution in [2.45, 2.75) is 20.8 Å². The highest BCUT2D eigenvalue weighted by Gasteiger charge is 2.16. The minimum atomic E-state index is -0.0563. The molecule has 0 atom stereocenters. The van der Waals surface area contributed by atoms with E-state index in [1.165, 1.54) is 0 Å². The number of carbonyl (C=O) groups excluding carboxylic acids is 1. The number of nitrogens with zero attached hydrogens (tertiary/aromatic N) is 1. The number of ketones is 1. The van der Waals surface area contributed by atoms with E-state index in [4.69, 9.17) is 23.2 Å². The molecular weight excluding hydrogens is 281 g/mol. The van der Waals surface area contributed by atoms with Gasteiger partial charge in [0.05, 0.1) is 5.88 Å². The summed E-state index contributed by atoms with van der Waals surface area (Å²) < 4.78 is 2.02. The molecule has 0 saturated carbocycles. The second-order valence-electron chi connectivity index (χ2n) is 4.61. The van der Waals surface area contributed by atoms with Crippen molar-refractivity contribution in [3.63, 3.8) is 0 Å². The third kappa shape index (κ3) is 2.56. The highest BCUT2D eigenvalue weighted by molar-refractivity contribution is 6.31. The predicted octanol–water partition coefficient (Wildman–Crippen LogP) is 4.48. The van der Waals surface area contributed by atoms with Crippen LogP contribution in [0.1, 0.15) is 27.3 Å². The van der Waals surface area contributed by atoms with Gasteiger partial charge < -0.3 is 4.57 Å². The first kappa shape index (κ1) is 14.2. The van der Waals surface area contributed by atoms with Gasteiger partial charge in [-0.3, -0.25) is 4.79 Å². The number of hydrogen-bond donors (Lipinski definition) is 0. The Bertz CT molecular complexity index is 644. The Labute approximate surface area is 123 Å². The molecule has 4 heteroatoms. The molecular formula is C15H15Cl2NO. The molecule has 0 bridgehead atoms. The molecule has 0 spiro atoms. The number of hydrogen-bond acceptors (Lipinski definition) is 1. The first-order valence-corrected chi connectivity index (χ1v) is 6.91. The van der Waals surface area contributed by atoms with Crippen LogP contribution in [-0.4, -0.2) is 16.2 Å². The molecule has 0 fully saturated rings. The Hall–Kier alpha value is -1.25. The van der Waals surface area contributed by atoms with Gasteiger partial charge in [-0.2, -0.15) is 0 Å². The highest BCUT2D eigenvalue weighted by atomic mass is 35.5. The molecule has 0 aliphatic carbocycles. The summed E-state index contributed by atoms with van der Waals surface area (Å²) in [5.41, 5.74) is 4.54. The van der Waals surface area contributed by atoms with E-state index in [2.05, 4.69) is 0 Å². The fourth-order valence-electron chi connectivity index (χ4n) is 2.24. The summed E-state index contributed by atoms with van der Waals surface area (Å²) in [5, 5.41) is 0.718. The van der Waals surface area contributed by atoms with Gasteiger partial charge in [0.15, 0.2) is 5.78 Å². The Morgan fingerprint density at radius 3 is 2.47 bits per heavy atom. The van der Waals surface area contributed by atoms with Crippen LogP contribution in [0.3, 0.4) is 0 Å². The monoisotopic (exact) mass is 295 g/mol. The molecule has 0 aliphatic rings. The molecule has 100 valence electrons. The Kier molecular flexibility index (Phi) is 4.02. The standard InChI is InChI=1S/C15H15Cl2NO/c1-9-4-5-12(7-14(9)17)18-10(2)6-13(11(18)3)15(19)8-16/h4-7H,8H2,1-3H3. The maximum atomic E-state index is 11.8. The van der Waals surface area contributed by atoms with Crippen molar-refractivity contribution < 1.29 is 4.79 Å². The summed E-state index contributed by atoms with van der Waals surface area (Å²) >= 11 is 11.8. The minimum Gasteiger partial charge on any atom is -0.318 e. The van der Waals surface area contributed by atoms with Gasteiger partial charge in [0.1, 0.15) is 0 Å². The zero-order chi connectivity index (χ0) is 14.2. The zero-order valence-corrected chi connectivity index (χ0v) is 12.6. The lowest BCUT2D eigenvalue weighted by atomic mass is 10.2. The molecule has 0 unspecified atom stereocenters. The molecule has 1 aromatic heterocycles. The second-order valence-corrected chi connectivity index (χ2v) is 5.28. The number of halogens is 2. The zero-order valence-electron chi connectivity index (χ0n) is 11.1. The van der Waals surface area contributed by atoms with E-state index in [0.717, 1.165) is 27.7 Å². The number of carbonyl (C=O) groups is 1. The molecule has 0 aliphatic heterocycles. The molecule has 0 saturated heterocycles. The summed E-state index contributed by atoms with van der Waals surface area (Å²) in [4.78, 5) is 11.8. The van der Waals surface area contributed by atoms with Crippen molar-refractivity contribution in [3.05, 3.63) is 51.8 Å². The summed E-state index contributed by atoms with van der Waals surface area (Å²) in [7, 11) is 0. The van der Waals surface area contributed by atoms with Crippen LogP contribution in [-0.2, 0) is 0 Å². The summed E-state index contributed by atoms with van der Waals surface area (Å²) in [6, 6.07) is 7.75. The van der Waals surface area contributed by atoms with Crippen LogP contribution in [0.25, 0.3) is 5.69 Å². The largest absolute Gasteiger partial charge is 0.318 e. The fraction of sp³-hybridized carbons (Fsp3) is 0.267. The molecule has 2 aromatic rings. The van der Waals surface area contributed by atoms with Crippen molar-refractivity contribution in [2.75, 3.05) is 5.88 Å². The lowest BCUT2D eigenvalue weighted by molar-refractivity contribution is 0.102. The van der Waals surface area contributed by atoms with Gasteiger partial charge in [0.2, 0.25) is 0 Å². The lowest BCUT2D eigenvalue weighted by Crippen LogP contribution is -2.04. The van der Waals surface area contributed by atoms with Crippen molar-refractivity contribution in [2.24, 2.45) is 0 Å². The topological polar surface area (TPSA) is 22.0 Å². The maximum Gasteiger partial charge on any atom is 0.179 e. The number of aromatic nitrogens is 1. The Morgan fingerprint density at radius 2 is 1.89 bits per heavy atom. The van der Waals surface area contributed by atoms with Gasteiger partial charge in [-0.25, -0.2) is 0 Å². The SMILES string of the molecule is Cc1ccc(-n2c(C)cc(C(=O)CCl)c2C)cc1Cl. The molecule has 0 N–H and O–H groups in total. The van der Waals surface area contributed by atoms with E-state index in [0.29, 0.717) is 5.56 Å². The average Bonchev–Trinajstić information content (AvgIpc) is 2.68. The summed E-state index contributed by atoms with van der Waals surface area (Å²) in [6.45, 7) is 5.84. The summed E-state index contributed by atoms with van der Waals surface area (Å²) in [5.74, 6) is -0.0573. The third-order valence-electron chi connectivity index (χ3n) is 3.27. The van der Waals surface area contributed by atoms with Crippen molar-refractivity contribution in [1.82, 2.24) is 4.57 Å². The van der Waals surface area contributed by atoms with Crippen LogP contribution in [0.15, 0.2) is 24.3 Å². The quantitative estimate of drug-likeness (QED) is 0.604. The fourth-order valence-corrected chi connectivity index (χ4v) is 2.55. The Morgan fingerprint density at radius 1 is 1.21 bits per heavy atom. The molecule has 0 amide bonds. The van der Waals surface area contributed by atoms with Crippen molar-refractivity contribution in [3.8, 4) is 5.69 Å². The molecule has 1 aromatic carbocycles. The van der Waals surface area contributed by atoms with E-state index in [-0.39, 0.29) is 11.7 Å². The summed E-state index contributed by atoms with van der Waals surface area (Å²) in [6.07, 6.45) is 0. The van der Waals surface area contributed by atoms with Gasteiger partial charge >= 0.3 is 0 Å². The second kappa shape index (κ2) is 5.40. The number of Topliss-reactive ketones (excluding diaryl/α,β-unsaturated/α-hetero) is 1. The average molecular weight is 296 g/mol. The predicted molar refractivity (Wildman–Crippen MR) is 80.0 cm³/mol. The van der Waals surface area contributed by atoms with Crippen molar-refractivity contribution >= 4 is 29.0 Å². The van der Waals surface area contributed by atoms with Crippen LogP contribution in [0, 0.1) is 20.8 Å². The number of benzene rings is 1. The van der Waals surface area contributed by atoms with Crippen LogP contribution in [0.2, 0.25) is 5.02 Å². The van der Waals surface area contributed by atoms with E-state index in [9.17, 15) is 4.79 Å². The molecule has 0 radical (unpaired) electrons. The smallest absolute Gasteiger partial charge is 0.179 e. The van der Waals surface area contributed by atoms with E-state index in [1.807, 2.05) is 49.6 Å². The third-order valence-corrected chi connectivity index (χ3v) is 3.92. The number of aryl methyl sites for hydroxylation is 2. The first-order chi connectivity index (χ1) is 8.95. The van der Waals surface area contributed by atoms with Gasteiger partial charge in [-0.05, 0) is 44.5 Å². The van der Waals surface area contributed by atoms with Crippen LogP contribution >= 0.6 is 23.2 Å². The van der Waals surface area contributed by atoms with Crippen LogP contribution < -0.4 is 0 Å². The van der Waals surface area contributed by atoms with Crippen LogP contribution in [0.5, 0.6) is 0 Å². The van der Waals surface area contributed by atoms with Crippen LogP contribution in [0.4, 0.5) is 0 Å². The van der Waals surface area contributed by atoms with Gasteiger partial charge in [-0.15, -0.1) is 11.6 Å². The highest BCUT2D eigenvalue weighted by Crippen LogP contribution is 2.25. The van der Waals surface area contributed by atoms with Gasteiger partial charge in [-0.1, -0.05) is 17.7 Å². The first-order valence-electron chi connectivity index (χ1n) is 6.00. The van der Waals surface area contributed by atoms with E-state index < -0.39 is 0 Å². The molecule has 1 heterocycles. The number of alkyl halides is 1. The van der Waals surface area contributed by atoms with Gasteiger partial charge in [0, 0.05) is 27.7 Å². The molecule has 19 heavy (non-hydrogen) atoms. The lowest BCUT2D eigenvalue weighted by Gasteiger charge is -2.11. The van der Waals surface area contributed by atoms with E-state index >= 15 is 0 Å². The Balaban J connectivity index is 2.59. The van der Waals surface area contributed by atoms with Crippen molar-refractivity contribution in [1.29, 1.82) is 0 Å².